The van der Waals surface area contributed by atoms with E-state index >= 15 is 0 Å². The van der Waals surface area contributed by atoms with Crippen LogP contribution in [0.5, 0.6) is 0 Å². The van der Waals surface area contributed by atoms with Crippen LogP contribution in [0.2, 0.25) is 0 Å². The van der Waals surface area contributed by atoms with Gasteiger partial charge in [-0.25, -0.2) is 9.78 Å². The third-order valence-electron chi connectivity index (χ3n) is 9.44. The Balaban J connectivity index is 1.05. The number of likely N-dealkylation sites (tertiary alicyclic amines) is 1. The summed E-state index contributed by atoms with van der Waals surface area (Å²) in [6.07, 6.45) is 4.80. The average molecular weight is 734 g/mol. The third kappa shape index (κ3) is 12.6. The number of amides is 4. The van der Waals surface area contributed by atoms with E-state index < -0.39 is 6.09 Å². The summed E-state index contributed by atoms with van der Waals surface area (Å²) in [5, 5.41) is 6.99. The number of piperidine rings is 1. The van der Waals surface area contributed by atoms with E-state index in [1.54, 1.807) is 23.9 Å². The molecule has 4 rings (SSSR count). The molecule has 1 aromatic heterocycles. The fraction of sp³-hybridized carbons (Fsp3) is 0.513. The molecule has 0 atom stereocenters. The lowest BCUT2D eigenvalue weighted by Crippen LogP contribution is -2.42. The minimum Gasteiger partial charge on any atom is -0.446 e. The van der Waals surface area contributed by atoms with E-state index in [0.717, 1.165) is 80.2 Å². The van der Waals surface area contributed by atoms with Crippen molar-refractivity contribution in [1.29, 1.82) is 0 Å². The number of aryl methyl sites for hydroxylation is 1. The smallest absolute Gasteiger partial charge is 0.411 e. The Morgan fingerprint density at radius 2 is 1.56 bits per heavy atom. The predicted molar refractivity (Wildman–Crippen MR) is 208 cm³/mol. The van der Waals surface area contributed by atoms with E-state index in [1.165, 1.54) is 18.3 Å². The van der Waals surface area contributed by atoms with Crippen molar-refractivity contribution in [3.8, 4) is 11.1 Å². The van der Waals surface area contributed by atoms with Crippen molar-refractivity contribution >= 4 is 46.0 Å². The molecule has 0 saturated carbocycles. The Kier molecular flexibility index (Phi) is 15.9. The quantitative estimate of drug-likeness (QED) is 0.148. The zero-order valence-corrected chi connectivity index (χ0v) is 32.2. The number of likely N-dealkylation sites (N-methyl/N-ethyl adjacent to an activating group) is 1. The van der Waals surface area contributed by atoms with Crippen molar-refractivity contribution < 1.29 is 23.9 Å². The number of carbonyl (C=O) groups is 4. The lowest BCUT2D eigenvalue weighted by Gasteiger charge is -2.32. The molecule has 1 fully saturated rings. The molecule has 282 valence electrons. The van der Waals surface area contributed by atoms with Crippen LogP contribution in [0.15, 0.2) is 54.6 Å². The van der Waals surface area contributed by atoms with Crippen molar-refractivity contribution in [3.63, 3.8) is 0 Å². The van der Waals surface area contributed by atoms with Crippen LogP contribution in [0, 0.1) is 6.92 Å². The summed E-state index contributed by atoms with van der Waals surface area (Å²) < 4.78 is 5.77. The maximum Gasteiger partial charge on any atom is 0.411 e. The van der Waals surface area contributed by atoms with E-state index in [2.05, 4.69) is 20.5 Å². The highest BCUT2D eigenvalue weighted by Gasteiger charge is 2.24. The standard InChI is InChI=1S/C39H55N7O5S/c1-29-36(37(49)45(5)24-14-23-43(3)30(2)47)52-38(41-29)40-22-13-7-10-19-35(48)44(4)27-28-46-25-20-32(21-26-46)51-39(50)42-34-18-12-11-17-33(34)31-15-8-6-9-16-31/h6,8-9,11-12,15-18,32H,7,10,13-14,19-28H2,1-5H3,(H,40,41)(H,42,50). The van der Waals surface area contributed by atoms with Crippen LogP contribution in [0.4, 0.5) is 15.6 Å². The van der Waals surface area contributed by atoms with Crippen molar-refractivity contribution in [2.24, 2.45) is 0 Å². The highest BCUT2D eigenvalue weighted by molar-refractivity contribution is 7.17. The Morgan fingerprint density at radius 3 is 2.29 bits per heavy atom. The van der Waals surface area contributed by atoms with Crippen molar-refractivity contribution in [2.75, 3.05) is 77.6 Å². The van der Waals surface area contributed by atoms with Gasteiger partial charge in [-0.05, 0) is 50.7 Å². The van der Waals surface area contributed by atoms with E-state index in [9.17, 15) is 19.2 Å². The monoisotopic (exact) mass is 733 g/mol. The maximum absolute atomic E-state index is 12.9. The van der Waals surface area contributed by atoms with Crippen LogP contribution in [0.1, 0.15) is 67.2 Å². The van der Waals surface area contributed by atoms with Gasteiger partial charge in [0, 0.05) is 85.9 Å². The number of nitrogens with one attached hydrogen (secondary N) is 2. The van der Waals surface area contributed by atoms with Gasteiger partial charge in [0.15, 0.2) is 5.13 Å². The van der Waals surface area contributed by atoms with Gasteiger partial charge >= 0.3 is 6.09 Å². The average Bonchev–Trinajstić information content (AvgIpc) is 3.52. The van der Waals surface area contributed by atoms with E-state index in [0.29, 0.717) is 43.0 Å². The van der Waals surface area contributed by atoms with Crippen LogP contribution < -0.4 is 10.6 Å². The Bertz CT molecular complexity index is 1610. The molecule has 0 bridgehead atoms. The number of nitrogens with zero attached hydrogens (tertiary/aromatic N) is 5. The molecule has 1 saturated heterocycles. The number of unbranched alkanes of at least 4 members (excludes halogenated alkanes) is 2. The second-order valence-corrected chi connectivity index (χ2v) is 14.5. The molecule has 12 nitrogen and oxygen atoms in total. The molecule has 0 aliphatic carbocycles. The Morgan fingerprint density at radius 1 is 0.865 bits per heavy atom. The van der Waals surface area contributed by atoms with E-state index in [4.69, 9.17) is 4.74 Å². The molecule has 2 N–H and O–H groups in total. The van der Waals surface area contributed by atoms with E-state index in [-0.39, 0.29) is 23.8 Å². The van der Waals surface area contributed by atoms with Gasteiger partial charge in [0.25, 0.3) is 5.91 Å². The molecule has 3 aromatic rings. The van der Waals surface area contributed by atoms with Gasteiger partial charge in [0.05, 0.1) is 11.4 Å². The first kappa shape index (κ1) is 40.3. The molecule has 2 heterocycles. The van der Waals surface area contributed by atoms with Gasteiger partial charge in [-0.1, -0.05) is 66.3 Å². The summed E-state index contributed by atoms with van der Waals surface area (Å²) in [7, 11) is 5.40. The highest BCUT2D eigenvalue weighted by Crippen LogP contribution is 2.28. The molecular formula is C39H55N7O5S. The third-order valence-corrected chi connectivity index (χ3v) is 10.5. The van der Waals surface area contributed by atoms with Crippen molar-refractivity contribution in [1.82, 2.24) is 24.6 Å². The molecule has 0 radical (unpaired) electrons. The van der Waals surface area contributed by atoms with Gasteiger partial charge in [-0.15, -0.1) is 0 Å². The number of hydrogen-bond acceptors (Lipinski definition) is 9. The normalized spacial score (nSPS) is 13.3. The zero-order valence-electron chi connectivity index (χ0n) is 31.4. The maximum atomic E-state index is 12.9. The van der Waals surface area contributed by atoms with Crippen molar-refractivity contribution in [2.45, 2.75) is 64.9 Å². The number of ether oxygens (including phenoxy) is 1. The van der Waals surface area contributed by atoms with Crippen LogP contribution in [-0.2, 0) is 14.3 Å². The molecule has 0 spiro atoms. The van der Waals surface area contributed by atoms with Gasteiger partial charge in [0.2, 0.25) is 11.8 Å². The number of aromatic nitrogens is 1. The number of para-hydroxylation sites is 1. The molecule has 0 unspecified atom stereocenters. The summed E-state index contributed by atoms with van der Waals surface area (Å²) in [6.45, 7) is 8.37. The number of benzene rings is 2. The first-order valence-electron chi connectivity index (χ1n) is 18.3. The molecule has 1 aliphatic heterocycles. The number of hydrogen-bond donors (Lipinski definition) is 2. The summed E-state index contributed by atoms with van der Waals surface area (Å²) >= 11 is 1.37. The first-order valence-corrected chi connectivity index (χ1v) is 19.1. The lowest BCUT2D eigenvalue weighted by atomic mass is 10.0. The fourth-order valence-corrected chi connectivity index (χ4v) is 7.02. The SMILES string of the molecule is CC(=O)N(C)CCCN(C)C(=O)c1sc(NCCCCCC(=O)N(C)CCN2CCC(OC(=O)Nc3ccccc3-c3ccccc3)CC2)nc1C. The molecule has 2 aromatic carbocycles. The van der Waals surface area contributed by atoms with E-state index in [1.807, 2.05) is 73.5 Å². The van der Waals surface area contributed by atoms with Crippen LogP contribution in [-0.4, -0.2) is 121 Å². The van der Waals surface area contributed by atoms with Crippen LogP contribution >= 0.6 is 11.3 Å². The highest BCUT2D eigenvalue weighted by atomic mass is 32.1. The molecule has 4 amide bonds. The molecular weight excluding hydrogens is 679 g/mol. The Labute approximate surface area is 312 Å². The van der Waals surface area contributed by atoms with Crippen molar-refractivity contribution in [3.05, 3.63) is 65.2 Å². The fourth-order valence-electron chi connectivity index (χ4n) is 6.03. The summed E-state index contributed by atoms with van der Waals surface area (Å²) in [4.78, 5) is 62.5. The minimum absolute atomic E-state index is 0.0137. The van der Waals surface area contributed by atoms with Crippen LogP contribution in [0.25, 0.3) is 11.1 Å². The number of rotatable bonds is 18. The Hall–Kier alpha value is -4.49. The van der Waals surface area contributed by atoms with Gasteiger partial charge in [-0.2, -0.15) is 0 Å². The number of anilines is 2. The first-order chi connectivity index (χ1) is 25.0. The summed E-state index contributed by atoms with van der Waals surface area (Å²) in [6, 6.07) is 17.7. The number of carbonyl (C=O) groups excluding carboxylic acids is 4. The van der Waals surface area contributed by atoms with Crippen LogP contribution in [0.3, 0.4) is 0 Å². The van der Waals surface area contributed by atoms with Gasteiger partial charge < -0.3 is 29.7 Å². The zero-order chi connectivity index (χ0) is 37.5. The molecule has 13 heteroatoms. The minimum atomic E-state index is -0.436. The second-order valence-electron chi connectivity index (χ2n) is 13.5. The topological polar surface area (TPSA) is 127 Å². The summed E-state index contributed by atoms with van der Waals surface area (Å²) in [5.74, 6) is 0.102. The largest absolute Gasteiger partial charge is 0.446 e. The van der Waals surface area contributed by atoms with Gasteiger partial charge in [0.1, 0.15) is 11.0 Å². The predicted octanol–water partition coefficient (Wildman–Crippen LogP) is 6.20. The number of thiazole rings is 1. The second kappa shape index (κ2) is 20.5. The van der Waals surface area contributed by atoms with Gasteiger partial charge in [-0.3, -0.25) is 19.7 Å². The summed E-state index contributed by atoms with van der Waals surface area (Å²) in [5.41, 5.74) is 3.41. The molecule has 52 heavy (non-hydrogen) atoms. The molecule has 1 aliphatic rings. The lowest BCUT2D eigenvalue weighted by molar-refractivity contribution is -0.130.